The number of rotatable bonds is 8. The molecule has 2 heteroatoms. The van der Waals surface area contributed by atoms with Crippen LogP contribution in [0.4, 0.5) is 0 Å². The number of hydrogen-bond donors (Lipinski definition) is 2. The summed E-state index contributed by atoms with van der Waals surface area (Å²) in [5.74, 6) is 0.976. The van der Waals surface area contributed by atoms with E-state index in [2.05, 4.69) is 20.8 Å². The molecule has 3 unspecified atom stereocenters. The topological polar surface area (TPSA) is 40.5 Å². The van der Waals surface area contributed by atoms with Crippen LogP contribution in [0.5, 0.6) is 0 Å². The monoisotopic (exact) mass is 202 g/mol. The molecule has 0 aromatic heterocycles. The summed E-state index contributed by atoms with van der Waals surface area (Å²) >= 11 is 0. The Bertz CT molecular complexity index is 125. The fraction of sp³-hybridized carbons (Fsp3) is 1.00. The fourth-order valence-corrected chi connectivity index (χ4v) is 1.79. The van der Waals surface area contributed by atoms with E-state index in [-0.39, 0.29) is 12.7 Å². The summed E-state index contributed by atoms with van der Waals surface area (Å²) in [6.45, 7) is 6.70. The SMILES string of the molecule is CCC(C)CC(O)C(CC)CCCO. The number of aliphatic hydroxyl groups excluding tert-OH is 2. The molecule has 14 heavy (non-hydrogen) atoms. The van der Waals surface area contributed by atoms with Crippen LogP contribution >= 0.6 is 0 Å². The molecule has 0 saturated carbocycles. The molecule has 0 aliphatic rings. The second kappa shape index (κ2) is 8.25. The van der Waals surface area contributed by atoms with Crippen molar-refractivity contribution in [1.82, 2.24) is 0 Å². The molecule has 0 saturated heterocycles. The minimum Gasteiger partial charge on any atom is -0.396 e. The van der Waals surface area contributed by atoms with Gasteiger partial charge in [-0.25, -0.2) is 0 Å². The molecule has 2 nitrogen and oxygen atoms in total. The average Bonchev–Trinajstić information content (AvgIpc) is 2.18. The van der Waals surface area contributed by atoms with E-state index in [0.717, 1.165) is 32.1 Å². The van der Waals surface area contributed by atoms with Crippen molar-refractivity contribution in [2.24, 2.45) is 11.8 Å². The highest BCUT2D eigenvalue weighted by Gasteiger charge is 2.18. The highest BCUT2D eigenvalue weighted by atomic mass is 16.3. The van der Waals surface area contributed by atoms with Gasteiger partial charge in [-0.15, -0.1) is 0 Å². The van der Waals surface area contributed by atoms with E-state index in [1.807, 2.05) is 0 Å². The Morgan fingerprint density at radius 3 is 2.21 bits per heavy atom. The van der Waals surface area contributed by atoms with Crippen LogP contribution in [0.1, 0.15) is 52.9 Å². The Morgan fingerprint density at radius 1 is 1.14 bits per heavy atom. The predicted molar refractivity (Wildman–Crippen MR) is 60.2 cm³/mol. The minimum absolute atomic E-state index is 0.179. The highest BCUT2D eigenvalue weighted by molar-refractivity contribution is 4.70. The van der Waals surface area contributed by atoms with Crippen molar-refractivity contribution < 1.29 is 10.2 Å². The molecule has 0 aliphatic carbocycles. The maximum atomic E-state index is 9.96. The zero-order valence-corrected chi connectivity index (χ0v) is 9.87. The summed E-state index contributed by atoms with van der Waals surface area (Å²) in [7, 11) is 0. The van der Waals surface area contributed by atoms with E-state index in [9.17, 15) is 5.11 Å². The van der Waals surface area contributed by atoms with E-state index in [4.69, 9.17) is 5.11 Å². The molecule has 0 amide bonds. The lowest BCUT2D eigenvalue weighted by Crippen LogP contribution is -2.22. The highest BCUT2D eigenvalue weighted by Crippen LogP contribution is 2.22. The van der Waals surface area contributed by atoms with Crippen molar-refractivity contribution in [3.63, 3.8) is 0 Å². The fourth-order valence-electron chi connectivity index (χ4n) is 1.79. The van der Waals surface area contributed by atoms with Gasteiger partial charge in [-0.3, -0.25) is 0 Å². The average molecular weight is 202 g/mol. The third-order valence-corrected chi connectivity index (χ3v) is 3.14. The second-order valence-corrected chi connectivity index (χ2v) is 4.35. The van der Waals surface area contributed by atoms with Crippen molar-refractivity contribution in [3.8, 4) is 0 Å². The Hall–Kier alpha value is -0.0800. The van der Waals surface area contributed by atoms with Crippen LogP contribution in [0.3, 0.4) is 0 Å². The molecular formula is C12H26O2. The van der Waals surface area contributed by atoms with Crippen molar-refractivity contribution in [2.75, 3.05) is 6.61 Å². The molecule has 0 aromatic rings. The maximum Gasteiger partial charge on any atom is 0.0570 e. The van der Waals surface area contributed by atoms with Crippen LogP contribution < -0.4 is 0 Å². The quantitative estimate of drug-likeness (QED) is 0.635. The molecule has 0 bridgehead atoms. The van der Waals surface area contributed by atoms with Gasteiger partial charge in [-0.1, -0.05) is 33.6 Å². The van der Waals surface area contributed by atoms with Crippen molar-refractivity contribution in [3.05, 3.63) is 0 Å². The first-order valence-electron chi connectivity index (χ1n) is 5.94. The third kappa shape index (κ3) is 5.61. The van der Waals surface area contributed by atoms with E-state index in [1.54, 1.807) is 0 Å². The lowest BCUT2D eigenvalue weighted by Gasteiger charge is -2.23. The van der Waals surface area contributed by atoms with Gasteiger partial charge in [-0.05, 0) is 31.1 Å². The summed E-state index contributed by atoms with van der Waals surface area (Å²) in [6.07, 6.45) is 4.63. The van der Waals surface area contributed by atoms with Crippen molar-refractivity contribution >= 4 is 0 Å². The maximum absolute atomic E-state index is 9.96. The molecule has 0 aliphatic heterocycles. The molecule has 3 atom stereocenters. The van der Waals surface area contributed by atoms with E-state index < -0.39 is 0 Å². The zero-order valence-electron chi connectivity index (χ0n) is 9.87. The molecule has 0 rings (SSSR count). The Morgan fingerprint density at radius 2 is 1.79 bits per heavy atom. The van der Waals surface area contributed by atoms with Crippen molar-refractivity contribution in [1.29, 1.82) is 0 Å². The van der Waals surface area contributed by atoms with Gasteiger partial charge in [0.1, 0.15) is 0 Å². The van der Waals surface area contributed by atoms with Crippen molar-refractivity contribution in [2.45, 2.75) is 59.0 Å². The Labute approximate surface area is 88.3 Å². The first-order chi connectivity index (χ1) is 6.65. The summed E-state index contributed by atoms with van der Waals surface area (Å²) in [5, 5.41) is 18.7. The van der Waals surface area contributed by atoms with Gasteiger partial charge < -0.3 is 10.2 Å². The smallest absolute Gasteiger partial charge is 0.0570 e. The molecule has 0 fully saturated rings. The second-order valence-electron chi connectivity index (χ2n) is 4.35. The van der Waals surface area contributed by atoms with Crippen LogP contribution in [0.2, 0.25) is 0 Å². The van der Waals surface area contributed by atoms with E-state index in [1.165, 1.54) is 0 Å². The van der Waals surface area contributed by atoms with Gasteiger partial charge in [0.2, 0.25) is 0 Å². The van der Waals surface area contributed by atoms with E-state index >= 15 is 0 Å². The van der Waals surface area contributed by atoms with Crippen LogP contribution in [-0.4, -0.2) is 22.9 Å². The van der Waals surface area contributed by atoms with Gasteiger partial charge in [0.15, 0.2) is 0 Å². The summed E-state index contributed by atoms with van der Waals surface area (Å²) < 4.78 is 0. The van der Waals surface area contributed by atoms with Gasteiger partial charge >= 0.3 is 0 Å². The normalized spacial score (nSPS) is 17.8. The van der Waals surface area contributed by atoms with Gasteiger partial charge in [0.25, 0.3) is 0 Å². The lowest BCUT2D eigenvalue weighted by atomic mass is 9.88. The van der Waals surface area contributed by atoms with Crippen LogP contribution in [0.25, 0.3) is 0 Å². The van der Waals surface area contributed by atoms with Crippen LogP contribution in [0.15, 0.2) is 0 Å². The van der Waals surface area contributed by atoms with E-state index in [0.29, 0.717) is 11.8 Å². The third-order valence-electron chi connectivity index (χ3n) is 3.14. The number of aliphatic hydroxyl groups is 2. The van der Waals surface area contributed by atoms with Crippen LogP contribution in [0, 0.1) is 11.8 Å². The molecule has 86 valence electrons. The molecule has 0 heterocycles. The van der Waals surface area contributed by atoms with Gasteiger partial charge in [-0.2, -0.15) is 0 Å². The first-order valence-corrected chi connectivity index (χ1v) is 5.94. The first kappa shape index (κ1) is 13.9. The Kier molecular flexibility index (Phi) is 8.20. The largest absolute Gasteiger partial charge is 0.396 e. The van der Waals surface area contributed by atoms with Gasteiger partial charge in [0.05, 0.1) is 6.10 Å². The predicted octanol–water partition coefficient (Wildman–Crippen LogP) is 2.58. The molecule has 0 aromatic carbocycles. The molecule has 2 N–H and O–H groups in total. The Balaban J connectivity index is 3.83. The van der Waals surface area contributed by atoms with Crippen LogP contribution in [-0.2, 0) is 0 Å². The summed E-state index contributed by atoms with van der Waals surface area (Å²) in [5.41, 5.74) is 0. The zero-order chi connectivity index (χ0) is 11.0. The standard InChI is InChI=1S/C12H26O2/c1-4-10(3)9-12(14)11(5-2)7-6-8-13/h10-14H,4-9H2,1-3H3. The number of hydrogen-bond acceptors (Lipinski definition) is 2. The molecule has 0 spiro atoms. The van der Waals surface area contributed by atoms with Gasteiger partial charge in [0, 0.05) is 6.61 Å². The molecule has 0 radical (unpaired) electrons. The molecular weight excluding hydrogens is 176 g/mol. The summed E-state index contributed by atoms with van der Waals surface area (Å²) in [6, 6.07) is 0. The lowest BCUT2D eigenvalue weighted by molar-refractivity contribution is 0.0729. The minimum atomic E-state index is -0.179. The summed E-state index contributed by atoms with van der Waals surface area (Å²) in [4.78, 5) is 0.